The molecule has 0 saturated carbocycles. The predicted molar refractivity (Wildman–Crippen MR) is 81.5 cm³/mol. The third-order valence-electron chi connectivity index (χ3n) is 2.69. The second kappa shape index (κ2) is 6.69. The Morgan fingerprint density at radius 1 is 1.27 bits per heavy atom. The van der Waals surface area contributed by atoms with Crippen LogP contribution < -0.4 is 11.1 Å². The Balaban J connectivity index is 2.04. The number of hydrogen-bond acceptors (Lipinski definition) is 5. The van der Waals surface area contributed by atoms with E-state index >= 15 is 0 Å². The Bertz CT molecular complexity index is 691. The molecule has 1 aromatic heterocycles. The van der Waals surface area contributed by atoms with Crippen LogP contribution in [0.25, 0.3) is 0 Å². The summed E-state index contributed by atoms with van der Waals surface area (Å²) in [5.41, 5.74) is 6.50. The summed E-state index contributed by atoms with van der Waals surface area (Å²) < 4.78 is 25.9. The zero-order valence-electron chi connectivity index (χ0n) is 11.9. The van der Waals surface area contributed by atoms with Crippen molar-refractivity contribution in [1.29, 1.82) is 0 Å². The third-order valence-corrected chi connectivity index (χ3v) is 3.65. The number of nitrogens with one attached hydrogen (secondary N) is 1. The molecule has 0 aliphatic heterocycles. The monoisotopic (exact) mass is 324 g/mol. The first-order chi connectivity index (χ1) is 10.3. The number of anilines is 2. The van der Waals surface area contributed by atoms with Crippen molar-refractivity contribution in [2.24, 2.45) is 0 Å². The standard InChI is InChI=1S/C14H14F2N4OS/c1-7-5-12(17)20-14(18-7)22-8(2)13(21)19-9-3-4-10(15)11(16)6-9/h3-6,8H,1-2H3,(H,19,21)(H2,17,18,20)/t8-/m1/s1. The van der Waals surface area contributed by atoms with Crippen molar-refractivity contribution in [3.63, 3.8) is 0 Å². The van der Waals surface area contributed by atoms with Gasteiger partial charge in [0.15, 0.2) is 16.8 Å². The minimum atomic E-state index is -1.02. The summed E-state index contributed by atoms with van der Waals surface area (Å²) in [6.07, 6.45) is 0. The average molecular weight is 324 g/mol. The second-order valence-electron chi connectivity index (χ2n) is 4.59. The summed E-state index contributed by atoms with van der Waals surface area (Å²) in [6, 6.07) is 4.78. The van der Waals surface area contributed by atoms with Gasteiger partial charge in [-0.05, 0) is 26.0 Å². The highest BCUT2D eigenvalue weighted by atomic mass is 32.2. The Kier molecular flexibility index (Phi) is 4.92. The minimum absolute atomic E-state index is 0.182. The molecule has 22 heavy (non-hydrogen) atoms. The lowest BCUT2D eigenvalue weighted by Crippen LogP contribution is -2.22. The molecule has 0 spiro atoms. The van der Waals surface area contributed by atoms with E-state index in [1.807, 2.05) is 0 Å². The summed E-state index contributed by atoms with van der Waals surface area (Å²) in [4.78, 5) is 20.2. The molecule has 116 valence electrons. The van der Waals surface area contributed by atoms with Gasteiger partial charge in [0, 0.05) is 23.5 Å². The van der Waals surface area contributed by atoms with Gasteiger partial charge in [-0.25, -0.2) is 18.7 Å². The van der Waals surface area contributed by atoms with Gasteiger partial charge in [-0.3, -0.25) is 4.79 Å². The van der Waals surface area contributed by atoms with E-state index < -0.39 is 16.9 Å². The number of nitrogens with zero attached hydrogens (tertiary/aromatic N) is 2. The quantitative estimate of drug-likeness (QED) is 0.668. The highest BCUT2D eigenvalue weighted by Gasteiger charge is 2.17. The van der Waals surface area contributed by atoms with Crippen molar-refractivity contribution in [2.45, 2.75) is 24.3 Å². The van der Waals surface area contributed by atoms with E-state index in [2.05, 4.69) is 15.3 Å². The van der Waals surface area contributed by atoms with Crippen LogP contribution in [0.15, 0.2) is 29.4 Å². The molecular formula is C14H14F2N4OS. The smallest absolute Gasteiger partial charge is 0.237 e. The van der Waals surface area contributed by atoms with E-state index in [0.29, 0.717) is 16.7 Å². The molecule has 8 heteroatoms. The van der Waals surface area contributed by atoms with Gasteiger partial charge in [-0.2, -0.15) is 0 Å². The molecule has 1 amide bonds. The maximum atomic E-state index is 13.1. The van der Waals surface area contributed by atoms with Gasteiger partial charge in [-0.1, -0.05) is 11.8 Å². The highest BCUT2D eigenvalue weighted by molar-refractivity contribution is 8.00. The lowest BCUT2D eigenvalue weighted by atomic mass is 10.3. The molecule has 0 fully saturated rings. The number of carbonyl (C=O) groups is 1. The number of benzene rings is 1. The van der Waals surface area contributed by atoms with E-state index in [1.165, 1.54) is 6.07 Å². The van der Waals surface area contributed by atoms with Gasteiger partial charge < -0.3 is 11.1 Å². The summed E-state index contributed by atoms with van der Waals surface area (Å²) >= 11 is 1.12. The fourth-order valence-electron chi connectivity index (χ4n) is 1.65. The zero-order chi connectivity index (χ0) is 16.3. The lowest BCUT2D eigenvalue weighted by Gasteiger charge is -2.11. The van der Waals surface area contributed by atoms with Crippen LogP contribution in [0.5, 0.6) is 0 Å². The number of nitrogen functional groups attached to an aromatic ring is 1. The number of thioether (sulfide) groups is 1. The van der Waals surface area contributed by atoms with Crippen LogP contribution in [-0.2, 0) is 4.79 Å². The van der Waals surface area contributed by atoms with Crippen molar-refractivity contribution < 1.29 is 13.6 Å². The van der Waals surface area contributed by atoms with Crippen LogP contribution in [0.1, 0.15) is 12.6 Å². The number of aromatic nitrogens is 2. The fourth-order valence-corrected chi connectivity index (χ4v) is 2.48. The highest BCUT2D eigenvalue weighted by Crippen LogP contribution is 2.22. The van der Waals surface area contributed by atoms with Crippen LogP contribution >= 0.6 is 11.8 Å². The van der Waals surface area contributed by atoms with E-state index in [0.717, 1.165) is 23.9 Å². The van der Waals surface area contributed by atoms with Gasteiger partial charge in [0.25, 0.3) is 0 Å². The van der Waals surface area contributed by atoms with Crippen molar-refractivity contribution in [3.05, 3.63) is 41.6 Å². The molecular weight excluding hydrogens is 310 g/mol. The molecule has 0 unspecified atom stereocenters. The topological polar surface area (TPSA) is 80.9 Å². The number of hydrogen-bond donors (Lipinski definition) is 2. The molecule has 0 saturated heterocycles. The SMILES string of the molecule is Cc1cc(N)nc(S[C@H](C)C(=O)Nc2ccc(F)c(F)c2)n1. The first-order valence-electron chi connectivity index (χ1n) is 6.39. The van der Waals surface area contributed by atoms with Gasteiger partial charge in [-0.15, -0.1) is 0 Å². The van der Waals surface area contributed by atoms with Crippen LogP contribution in [0.4, 0.5) is 20.3 Å². The summed E-state index contributed by atoms with van der Waals surface area (Å²) in [7, 11) is 0. The average Bonchev–Trinajstić information content (AvgIpc) is 2.41. The third kappa shape index (κ3) is 4.14. The van der Waals surface area contributed by atoms with E-state index in [9.17, 15) is 13.6 Å². The number of aryl methyl sites for hydroxylation is 1. The second-order valence-corrected chi connectivity index (χ2v) is 5.90. The first kappa shape index (κ1) is 16.2. The van der Waals surface area contributed by atoms with Crippen molar-refractivity contribution >= 4 is 29.2 Å². The Morgan fingerprint density at radius 2 is 2.00 bits per heavy atom. The number of carbonyl (C=O) groups excluding carboxylic acids is 1. The maximum Gasteiger partial charge on any atom is 0.237 e. The van der Waals surface area contributed by atoms with Crippen LogP contribution in [0.2, 0.25) is 0 Å². The molecule has 0 radical (unpaired) electrons. The van der Waals surface area contributed by atoms with E-state index in [1.54, 1.807) is 19.9 Å². The molecule has 5 nitrogen and oxygen atoms in total. The molecule has 1 aromatic carbocycles. The Morgan fingerprint density at radius 3 is 2.64 bits per heavy atom. The molecule has 2 rings (SSSR count). The fraction of sp³-hybridized carbons (Fsp3) is 0.214. The van der Waals surface area contributed by atoms with Gasteiger partial charge >= 0.3 is 0 Å². The van der Waals surface area contributed by atoms with Crippen LogP contribution in [0.3, 0.4) is 0 Å². The van der Waals surface area contributed by atoms with E-state index in [4.69, 9.17) is 5.73 Å². The van der Waals surface area contributed by atoms with E-state index in [-0.39, 0.29) is 11.6 Å². The summed E-state index contributed by atoms with van der Waals surface area (Å²) in [5.74, 6) is -2.04. The largest absolute Gasteiger partial charge is 0.384 e. The van der Waals surface area contributed by atoms with Crippen LogP contribution in [0, 0.1) is 18.6 Å². The maximum absolute atomic E-state index is 13.1. The minimum Gasteiger partial charge on any atom is -0.384 e. The van der Waals surface area contributed by atoms with Gasteiger partial charge in [0.2, 0.25) is 5.91 Å². The van der Waals surface area contributed by atoms with Crippen LogP contribution in [-0.4, -0.2) is 21.1 Å². The lowest BCUT2D eigenvalue weighted by molar-refractivity contribution is -0.115. The molecule has 2 aromatic rings. The molecule has 0 aliphatic rings. The van der Waals surface area contributed by atoms with Crippen molar-refractivity contribution in [1.82, 2.24) is 9.97 Å². The first-order valence-corrected chi connectivity index (χ1v) is 7.27. The number of amides is 1. The predicted octanol–water partition coefficient (Wildman–Crippen LogP) is 2.76. The number of halogens is 2. The summed E-state index contributed by atoms with van der Waals surface area (Å²) in [6.45, 7) is 3.43. The number of rotatable bonds is 4. The number of nitrogens with two attached hydrogens (primary N) is 1. The molecule has 1 heterocycles. The van der Waals surface area contributed by atoms with Crippen molar-refractivity contribution in [3.8, 4) is 0 Å². The Hall–Kier alpha value is -2.22. The molecule has 0 aliphatic carbocycles. The summed E-state index contributed by atoms with van der Waals surface area (Å²) in [5, 5.41) is 2.35. The molecule has 1 atom stereocenters. The van der Waals surface area contributed by atoms with Crippen molar-refractivity contribution in [2.75, 3.05) is 11.1 Å². The Labute approximate surface area is 130 Å². The molecule has 3 N–H and O–H groups in total. The zero-order valence-corrected chi connectivity index (χ0v) is 12.7. The van der Waals surface area contributed by atoms with Gasteiger partial charge in [0.1, 0.15) is 5.82 Å². The normalized spacial score (nSPS) is 12.0. The molecule has 0 bridgehead atoms. The van der Waals surface area contributed by atoms with Gasteiger partial charge in [0.05, 0.1) is 5.25 Å².